The van der Waals surface area contributed by atoms with Gasteiger partial charge in [-0.25, -0.2) is 4.79 Å². The van der Waals surface area contributed by atoms with Crippen LogP contribution in [-0.2, 0) is 4.74 Å². The molecule has 0 amide bonds. The van der Waals surface area contributed by atoms with Gasteiger partial charge in [0.05, 0.1) is 12.7 Å². The third-order valence-electron chi connectivity index (χ3n) is 3.26. The fourth-order valence-electron chi connectivity index (χ4n) is 2.32. The van der Waals surface area contributed by atoms with E-state index in [1.54, 1.807) is 6.07 Å². The molecule has 3 heteroatoms. The lowest BCUT2D eigenvalue weighted by molar-refractivity contribution is 0.0601. The second kappa shape index (κ2) is 3.88. The van der Waals surface area contributed by atoms with Gasteiger partial charge >= 0.3 is 5.97 Å². The van der Waals surface area contributed by atoms with Gasteiger partial charge in [0, 0.05) is 21.8 Å². The van der Waals surface area contributed by atoms with Crippen molar-refractivity contribution in [2.45, 2.75) is 6.92 Å². The molecule has 0 saturated carbocycles. The topological polar surface area (TPSA) is 42.1 Å². The maximum Gasteiger partial charge on any atom is 0.337 e. The van der Waals surface area contributed by atoms with Crippen molar-refractivity contribution in [3.8, 4) is 0 Å². The first-order chi connectivity index (χ1) is 8.70. The predicted octanol–water partition coefficient (Wildman–Crippen LogP) is 3.42. The van der Waals surface area contributed by atoms with Crippen LogP contribution < -0.4 is 0 Å². The van der Waals surface area contributed by atoms with Crippen LogP contribution in [0.25, 0.3) is 21.8 Å². The molecule has 0 spiro atoms. The van der Waals surface area contributed by atoms with Crippen LogP contribution in [0.4, 0.5) is 0 Å². The maximum atomic E-state index is 11.5. The number of esters is 1. The van der Waals surface area contributed by atoms with Gasteiger partial charge in [0.25, 0.3) is 0 Å². The summed E-state index contributed by atoms with van der Waals surface area (Å²) in [6, 6.07) is 11.8. The van der Waals surface area contributed by atoms with Crippen LogP contribution in [0.5, 0.6) is 0 Å². The first-order valence-corrected chi connectivity index (χ1v) is 5.80. The second-order valence-electron chi connectivity index (χ2n) is 4.37. The number of aromatic amines is 1. The van der Waals surface area contributed by atoms with E-state index >= 15 is 0 Å². The lowest BCUT2D eigenvalue weighted by Gasteiger charge is -1.98. The molecule has 0 radical (unpaired) electrons. The molecule has 0 fully saturated rings. The van der Waals surface area contributed by atoms with Crippen molar-refractivity contribution in [1.29, 1.82) is 0 Å². The standard InChI is InChI=1S/C15H13NO2/c1-9-4-3-5-12-11-7-6-10(15(17)18-2)8-13(11)16-14(9)12/h3-8,16H,1-2H3. The van der Waals surface area contributed by atoms with Gasteiger partial charge in [0.2, 0.25) is 0 Å². The summed E-state index contributed by atoms with van der Waals surface area (Å²) >= 11 is 0. The van der Waals surface area contributed by atoms with Gasteiger partial charge < -0.3 is 9.72 Å². The second-order valence-corrected chi connectivity index (χ2v) is 4.37. The number of rotatable bonds is 1. The smallest absolute Gasteiger partial charge is 0.337 e. The number of H-pyrrole nitrogens is 1. The molecule has 2 aromatic carbocycles. The highest BCUT2D eigenvalue weighted by Gasteiger charge is 2.10. The highest BCUT2D eigenvalue weighted by molar-refractivity contribution is 6.09. The molecule has 0 atom stereocenters. The van der Waals surface area contributed by atoms with Crippen molar-refractivity contribution >= 4 is 27.8 Å². The molecule has 1 heterocycles. The van der Waals surface area contributed by atoms with Gasteiger partial charge in [0.1, 0.15) is 0 Å². The maximum absolute atomic E-state index is 11.5. The van der Waals surface area contributed by atoms with E-state index in [0.29, 0.717) is 5.56 Å². The molecule has 0 bridgehead atoms. The normalized spacial score (nSPS) is 11.0. The Kier molecular flexibility index (Phi) is 2.33. The van der Waals surface area contributed by atoms with E-state index in [0.717, 1.165) is 16.4 Å². The van der Waals surface area contributed by atoms with Gasteiger partial charge in [-0.3, -0.25) is 0 Å². The molecule has 18 heavy (non-hydrogen) atoms. The molecule has 1 N–H and O–H groups in total. The summed E-state index contributed by atoms with van der Waals surface area (Å²) in [5, 5.41) is 2.31. The Bertz CT molecular complexity index is 756. The van der Waals surface area contributed by atoms with Gasteiger partial charge in [-0.2, -0.15) is 0 Å². The van der Waals surface area contributed by atoms with Gasteiger partial charge in [-0.15, -0.1) is 0 Å². The van der Waals surface area contributed by atoms with E-state index in [9.17, 15) is 4.79 Å². The highest BCUT2D eigenvalue weighted by Crippen LogP contribution is 2.28. The molecule has 0 aliphatic carbocycles. The molecule has 0 aliphatic heterocycles. The summed E-state index contributed by atoms with van der Waals surface area (Å²) in [7, 11) is 1.39. The zero-order valence-corrected chi connectivity index (χ0v) is 10.3. The highest BCUT2D eigenvalue weighted by atomic mass is 16.5. The Morgan fingerprint density at radius 1 is 1.17 bits per heavy atom. The third-order valence-corrected chi connectivity index (χ3v) is 3.26. The summed E-state index contributed by atoms with van der Waals surface area (Å²) in [6.07, 6.45) is 0. The minimum Gasteiger partial charge on any atom is -0.465 e. The quantitative estimate of drug-likeness (QED) is 0.661. The minimum atomic E-state index is -0.313. The predicted molar refractivity (Wildman–Crippen MR) is 71.9 cm³/mol. The van der Waals surface area contributed by atoms with E-state index in [4.69, 9.17) is 4.74 Å². The molecule has 0 aliphatic rings. The van der Waals surface area contributed by atoms with Crippen LogP contribution in [0.1, 0.15) is 15.9 Å². The number of carbonyl (C=O) groups excluding carboxylic acids is 1. The Morgan fingerprint density at radius 2 is 2.00 bits per heavy atom. The number of fused-ring (bicyclic) bond motifs is 3. The molecular weight excluding hydrogens is 226 g/mol. The minimum absolute atomic E-state index is 0.313. The van der Waals surface area contributed by atoms with Crippen LogP contribution in [0.15, 0.2) is 36.4 Å². The number of ether oxygens (including phenoxy) is 1. The number of hydrogen-bond donors (Lipinski definition) is 1. The van der Waals surface area contributed by atoms with Gasteiger partial charge in [0.15, 0.2) is 0 Å². The first-order valence-electron chi connectivity index (χ1n) is 5.80. The summed E-state index contributed by atoms with van der Waals surface area (Å²) in [5.41, 5.74) is 3.84. The number of aryl methyl sites for hydroxylation is 1. The molecule has 3 aromatic rings. The Morgan fingerprint density at radius 3 is 2.78 bits per heavy atom. The Hall–Kier alpha value is -2.29. The van der Waals surface area contributed by atoms with E-state index in [2.05, 4.69) is 24.0 Å². The number of hydrogen-bond acceptors (Lipinski definition) is 2. The monoisotopic (exact) mass is 239 g/mol. The number of methoxy groups -OCH3 is 1. The summed E-state index contributed by atoms with van der Waals surface area (Å²) in [4.78, 5) is 14.9. The first kappa shape index (κ1) is 10.8. The lowest BCUT2D eigenvalue weighted by atomic mass is 10.1. The fourth-order valence-corrected chi connectivity index (χ4v) is 2.32. The van der Waals surface area contributed by atoms with Crippen molar-refractivity contribution in [3.63, 3.8) is 0 Å². The van der Waals surface area contributed by atoms with Crippen LogP contribution in [0.3, 0.4) is 0 Å². The van der Waals surface area contributed by atoms with Crippen LogP contribution in [0, 0.1) is 6.92 Å². The lowest BCUT2D eigenvalue weighted by Crippen LogP contribution is -2.00. The van der Waals surface area contributed by atoms with E-state index in [1.165, 1.54) is 18.1 Å². The Balaban J connectivity index is 2.33. The number of carbonyl (C=O) groups is 1. The van der Waals surface area contributed by atoms with Crippen LogP contribution in [0.2, 0.25) is 0 Å². The molecule has 3 nitrogen and oxygen atoms in total. The molecule has 90 valence electrons. The third kappa shape index (κ3) is 1.48. The van der Waals surface area contributed by atoms with E-state index < -0.39 is 0 Å². The van der Waals surface area contributed by atoms with Crippen molar-refractivity contribution in [3.05, 3.63) is 47.5 Å². The van der Waals surface area contributed by atoms with Crippen molar-refractivity contribution in [2.75, 3.05) is 7.11 Å². The van der Waals surface area contributed by atoms with Crippen molar-refractivity contribution < 1.29 is 9.53 Å². The number of nitrogens with one attached hydrogen (secondary N) is 1. The molecule has 1 aromatic heterocycles. The van der Waals surface area contributed by atoms with Crippen molar-refractivity contribution in [2.24, 2.45) is 0 Å². The molecular formula is C15H13NO2. The van der Waals surface area contributed by atoms with Gasteiger partial charge in [-0.1, -0.05) is 24.3 Å². The molecule has 0 unspecified atom stereocenters. The zero-order valence-electron chi connectivity index (χ0n) is 10.3. The number of benzene rings is 2. The summed E-state index contributed by atoms with van der Waals surface area (Å²) < 4.78 is 4.73. The van der Waals surface area contributed by atoms with Crippen molar-refractivity contribution in [1.82, 2.24) is 4.98 Å². The summed E-state index contributed by atoms with van der Waals surface area (Å²) in [6.45, 7) is 2.07. The molecule has 0 saturated heterocycles. The fraction of sp³-hybridized carbons (Fsp3) is 0.133. The Labute approximate surface area is 104 Å². The zero-order chi connectivity index (χ0) is 12.7. The largest absolute Gasteiger partial charge is 0.465 e. The van der Waals surface area contributed by atoms with Crippen LogP contribution >= 0.6 is 0 Å². The molecule has 3 rings (SSSR count). The van der Waals surface area contributed by atoms with E-state index in [1.807, 2.05) is 18.2 Å². The number of aromatic nitrogens is 1. The van der Waals surface area contributed by atoms with Gasteiger partial charge in [-0.05, 0) is 24.6 Å². The SMILES string of the molecule is COC(=O)c1ccc2c(c1)[nH]c1c(C)cccc12. The average molecular weight is 239 g/mol. The van der Waals surface area contributed by atoms with Crippen LogP contribution in [-0.4, -0.2) is 18.1 Å². The van der Waals surface area contributed by atoms with E-state index in [-0.39, 0.29) is 5.97 Å². The number of para-hydroxylation sites is 1. The summed E-state index contributed by atoms with van der Waals surface area (Å²) in [5.74, 6) is -0.313. The average Bonchev–Trinajstić information content (AvgIpc) is 2.77.